The minimum atomic E-state index is -0.348. The van der Waals surface area contributed by atoms with Gasteiger partial charge in [0.15, 0.2) is 0 Å². The van der Waals surface area contributed by atoms with Crippen LogP contribution in [-0.4, -0.2) is 14.1 Å². The van der Waals surface area contributed by atoms with Crippen molar-refractivity contribution < 1.29 is 4.92 Å². The van der Waals surface area contributed by atoms with Crippen LogP contribution in [0, 0.1) is 10.1 Å². The third-order valence-corrected chi connectivity index (χ3v) is 4.21. The largest absolute Gasteiger partial charge is 0.354 e. The summed E-state index contributed by atoms with van der Waals surface area (Å²) in [6.07, 6.45) is 7.87. The first-order valence-electron chi connectivity index (χ1n) is 7.72. The maximum absolute atomic E-state index is 11.2. The first-order chi connectivity index (χ1) is 11.6. The molecule has 5 nitrogen and oxygen atoms in total. The van der Waals surface area contributed by atoms with Crippen LogP contribution in [0.2, 0.25) is 0 Å². The van der Waals surface area contributed by atoms with Gasteiger partial charge in [0.1, 0.15) is 0 Å². The number of allylic oxidation sites excluding steroid dienone is 1. The number of hydrogen-bond donors (Lipinski definition) is 0. The Kier molecular flexibility index (Phi) is 4.33. The summed E-state index contributed by atoms with van der Waals surface area (Å²) in [7, 11) is 4.01. The maximum atomic E-state index is 11.2. The topological polar surface area (TPSA) is 53.0 Å². The van der Waals surface area contributed by atoms with Gasteiger partial charge in [-0.25, -0.2) is 0 Å². The Hall–Kier alpha value is -3.08. The minimum absolute atomic E-state index is 0.0183. The molecule has 0 radical (unpaired) electrons. The summed E-state index contributed by atoms with van der Waals surface area (Å²) in [4.78, 5) is 10.8. The summed E-state index contributed by atoms with van der Waals surface area (Å²) in [5.41, 5.74) is 2.99. The van der Waals surface area contributed by atoms with Gasteiger partial charge in [-0.15, -0.1) is 0 Å². The van der Waals surface area contributed by atoms with E-state index in [1.165, 1.54) is 6.07 Å². The highest BCUT2D eigenvalue weighted by Gasteiger charge is 2.17. The molecule has 3 aromatic rings. The molecule has 5 heteroatoms. The van der Waals surface area contributed by atoms with E-state index in [9.17, 15) is 10.1 Å². The van der Waals surface area contributed by atoms with Crippen molar-refractivity contribution in [2.75, 3.05) is 0 Å². The molecule has 0 amide bonds. The van der Waals surface area contributed by atoms with Gasteiger partial charge in [0, 0.05) is 43.9 Å². The zero-order valence-electron chi connectivity index (χ0n) is 13.7. The fraction of sp³-hybridized carbons (Fsp3) is 0.158. The molecule has 0 saturated heterocycles. The number of nitrogens with zero attached hydrogens (tertiary/aromatic N) is 3. The zero-order valence-corrected chi connectivity index (χ0v) is 13.7. The highest BCUT2D eigenvalue weighted by Crippen LogP contribution is 2.28. The van der Waals surface area contributed by atoms with Crippen LogP contribution in [0.25, 0.3) is 6.08 Å². The number of hydrogen-bond acceptors (Lipinski definition) is 2. The molecule has 0 N–H and O–H groups in total. The summed E-state index contributed by atoms with van der Waals surface area (Å²) in [5, 5.41) is 11.2. The highest BCUT2D eigenvalue weighted by atomic mass is 16.6. The molecule has 0 aliphatic rings. The molecule has 0 aliphatic carbocycles. The van der Waals surface area contributed by atoms with Gasteiger partial charge in [-0.3, -0.25) is 10.1 Å². The molecular formula is C19H19N3O2. The second-order valence-electron chi connectivity index (χ2n) is 5.74. The second kappa shape index (κ2) is 6.58. The average molecular weight is 321 g/mol. The lowest BCUT2D eigenvalue weighted by Gasteiger charge is -2.16. The van der Waals surface area contributed by atoms with Gasteiger partial charge in [-0.1, -0.05) is 24.3 Å². The predicted octanol–water partition coefficient (Wildman–Crippen LogP) is 4.12. The second-order valence-corrected chi connectivity index (χ2v) is 5.74. The standard InChI is InChI=1S/C19H19N3O2/c1-20-13-5-9-18(20)16(19-10-6-14-21(19)2)12-11-15-7-3-4-8-17(15)22(23)24/h3-14,16H,1-2H3/b12-11+. The Morgan fingerprint density at radius 3 is 2.04 bits per heavy atom. The van der Waals surface area contributed by atoms with E-state index in [0.717, 1.165) is 11.4 Å². The molecule has 2 heterocycles. The Bertz CT molecular complexity index is 849. The average Bonchev–Trinajstić information content (AvgIpc) is 3.17. The quantitative estimate of drug-likeness (QED) is 0.524. The molecule has 3 rings (SSSR count). The summed E-state index contributed by atoms with van der Waals surface area (Å²) in [5.74, 6) is 0.0183. The van der Waals surface area contributed by atoms with Gasteiger partial charge in [0.25, 0.3) is 5.69 Å². The van der Waals surface area contributed by atoms with Crippen molar-refractivity contribution >= 4 is 11.8 Å². The smallest absolute Gasteiger partial charge is 0.276 e. The predicted molar refractivity (Wildman–Crippen MR) is 94.8 cm³/mol. The number of nitro benzene ring substituents is 1. The Morgan fingerprint density at radius 1 is 0.958 bits per heavy atom. The minimum Gasteiger partial charge on any atom is -0.354 e. The van der Waals surface area contributed by atoms with Gasteiger partial charge >= 0.3 is 0 Å². The van der Waals surface area contributed by atoms with Gasteiger partial charge in [0.05, 0.1) is 16.4 Å². The summed E-state index contributed by atoms with van der Waals surface area (Å²) in [6.45, 7) is 0. The van der Waals surface area contributed by atoms with Crippen molar-refractivity contribution in [3.63, 3.8) is 0 Å². The van der Waals surface area contributed by atoms with Crippen molar-refractivity contribution in [3.8, 4) is 0 Å². The molecule has 1 aromatic carbocycles. The van der Waals surface area contributed by atoms with Gasteiger partial charge in [-0.05, 0) is 30.3 Å². The number of rotatable bonds is 5. The van der Waals surface area contributed by atoms with Crippen molar-refractivity contribution in [2.45, 2.75) is 5.92 Å². The van der Waals surface area contributed by atoms with Gasteiger partial charge in [-0.2, -0.15) is 0 Å². The van der Waals surface area contributed by atoms with Crippen molar-refractivity contribution in [1.82, 2.24) is 9.13 Å². The number of nitro groups is 1. The van der Waals surface area contributed by atoms with E-state index >= 15 is 0 Å². The molecular weight excluding hydrogens is 302 g/mol. The fourth-order valence-corrected chi connectivity index (χ4v) is 2.94. The lowest BCUT2D eigenvalue weighted by atomic mass is 9.99. The van der Waals surface area contributed by atoms with Crippen LogP contribution in [-0.2, 0) is 14.1 Å². The van der Waals surface area contributed by atoms with E-state index in [1.807, 2.05) is 56.8 Å². The van der Waals surface area contributed by atoms with Gasteiger partial charge in [0.2, 0.25) is 0 Å². The van der Waals surface area contributed by atoms with Crippen LogP contribution in [0.15, 0.2) is 67.0 Å². The Balaban J connectivity index is 2.04. The van der Waals surface area contributed by atoms with Crippen LogP contribution in [0.5, 0.6) is 0 Å². The number of para-hydroxylation sites is 1. The molecule has 0 saturated carbocycles. The van der Waals surface area contributed by atoms with Gasteiger partial charge < -0.3 is 9.13 Å². The van der Waals surface area contributed by atoms with E-state index in [2.05, 4.69) is 21.3 Å². The first kappa shape index (κ1) is 15.8. The van der Waals surface area contributed by atoms with Crippen LogP contribution in [0.1, 0.15) is 22.9 Å². The highest BCUT2D eigenvalue weighted by molar-refractivity contribution is 5.62. The molecule has 0 fully saturated rings. The maximum Gasteiger partial charge on any atom is 0.276 e. The lowest BCUT2D eigenvalue weighted by molar-refractivity contribution is -0.385. The van der Waals surface area contributed by atoms with E-state index in [1.54, 1.807) is 12.1 Å². The molecule has 0 spiro atoms. The monoisotopic (exact) mass is 321 g/mol. The number of aromatic nitrogens is 2. The molecule has 0 atom stereocenters. The molecule has 0 bridgehead atoms. The van der Waals surface area contributed by atoms with Crippen LogP contribution < -0.4 is 0 Å². The molecule has 0 unspecified atom stereocenters. The van der Waals surface area contributed by atoms with E-state index < -0.39 is 0 Å². The zero-order chi connectivity index (χ0) is 17.1. The fourth-order valence-electron chi connectivity index (χ4n) is 2.94. The van der Waals surface area contributed by atoms with Crippen molar-refractivity contribution in [2.24, 2.45) is 14.1 Å². The lowest BCUT2D eigenvalue weighted by Crippen LogP contribution is -2.07. The van der Waals surface area contributed by atoms with E-state index in [-0.39, 0.29) is 16.5 Å². The van der Waals surface area contributed by atoms with Crippen LogP contribution in [0.3, 0.4) is 0 Å². The van der Waals surface area contributed by atoms with E-state index in [4.69, 9.17) is 0 Å². The normalized spacial score (nSPS) is 11.5. The van der Waals surface area contributed by atoms with Crippen LogP contribution in [0.4, 0.5) is 5.69 Å². The number of benzene rings is 1. The summed E-state index contributed by atoms with van der Waals surface area (Å²) < 4.78 is 4.14. The summed E-state index contributed by atoms with van der Waals surface area (Å²) >= 11 is 0. The SMILES string of the molecule is Cn1cccc1C(/C=C/c1ccccc1[N+](=O)[O-])c1cccn1C. The third-order valence-electron chi connectivity index (χ3n) is 4.21. The third kappa shape index (κ3) is 3.01. The van der Waals surface area contributed by atoms with Crippen LogP contribution >= 0.6 is 0 Å². The van der Waals surface area contributed by atoms with E-state index in [0.29, 0.717) is 5.56 Å². The summed E-state index contributed by atoms with van der Waals surface area (Å²) in [6, 6.07) is 14.9. The first-order valence-corrected chi connectivity index (χ1v) is 7.72. The molecule has 24 heavy (non-hydrogen) atoms. The Labute approximate surface area is 140 Å². The molecule has 0 aliphatic heterocycles. The van der Waals surface area contributed by atoms with Crippen molar-refractivity contribution in [3.05, 3.63) is 94.1 Å². The molecule has 122 valence electrons. The van der Waals surface area contributed by atoms with Crippen molar-refractivity contribution in [1.29, 1.82) is 0 Å². The Morgan fingerprint density at radius 2 is 1.54 bits per heavy atom. The molecule has 2 aromatic heterocycles. The number of aryl methyl sites for hydroxylation is 2.